The van der Waals surface area contributed by atoms with Crippen LogP contribution in [-0.4, -0.2) is 27.9 Å². The van der Waals surface area contributed by atoms with Crippen LogP contribution >= 0.6 is 0 Å². The second-order valence-corrected chi connectivity index (χ2v) is 7.92. The maximum absolute atomic E-state index is 12.2. The Bertz CT molecular complexity index is 879. The summed E-state index contributed by atoms with van der Waals surface area (Å²) in [5.41, 5.74) is 4.04. The molecular formula is C18H24N3O3S+. The Labute approximate surface area is 148 Å². The first-order chi connectivity index (χ1) is 11.6. The van der Waals surface area contributed by atoms with E-state index >= 15 is 0 Å². The molecule has 4 N–H and O–H groups in total. The van der Waals surface area contributed by atoms with E-state index in [1.54, 1.807) is 12.1 Å². The minimum atomic E-state index is -3.79. The average Bonchev–Trinajstić information content (AvgIpc) is 2.49. The monoisotopic (exact) mass is 362 g/mol. The Balaban J connectivity index is 1.98. The molecule has 1 atom stereocenters. The van der Waals surface area contributed by atoms with E-state index in [0.717, 1.165) is 11.4 Å². The lowest BCUT2D eigenvalue weighted by atomic mass is 10.1. The minimum Gasteiger partial charge on any atom is -0.326 e. The van der Waals surface area contributed by atoms with Crippen LogP contribution in [0.2, 0.25) is 0 Å². The Hall–Kier alpha value is -2.22. The number of carbonyl (C=O) groups is 1. The Morgan fingerprint density at radius 3 is 2.52 bits per heavy atom. The van der Waals surface area contributed by atoms with E-state index in [0.29, 0.717) is 5.69 Å². The number of anilines is 1. The third-order valence-electron chi connectivity index (χ3n) is 3.90. The molecule has 134 valence electrons. The summed E-state index contributed by atoms with van der Waals surface area (Å²) in [5.74, 6) is -0.186. The van der Waals surface area contributed by atoms with Gasteiger partial charge in [-0.3, -0.25) is 4.79 Å². The van der Waals surface area contributed by atoms with Crippen molar-refractivity contribution in [2.45, 2.75) is 25.3 Å². The van der Waals surface area contributed by atoms with Gasteiger partial charge in [-0.25, -0.2) is 13.6 Å². The van der Waals surface area contributed by atoms with Gasteiger partial charge in [0.1, 0.15) is 6.54 Å². The zero-order chi connectivity index (χ0) is 18.6. The molecule has 0 bridgehead atoms. The van der Waals surface area contributed by atoms with Gasteiger partial charge in [0.05, 0.1) is 11.9 Å². The van der Waals surface area contributed by atoms with E-state index in [9.17, 15) is 13.2 Å². The van der Waals surface area contributed by atoms with Gasteiger partial charge in [-0.1, -0.05) is 29.8 Å². The van der Waals surface area contributed by atoms with Crippen molar-refractivity contribution in [1.29, 1.82) is 0 Å². The molecule has 7 heteroatoms. The molecule has 1 unspecified atom stereocenters. The molecule has 0 aliphatic heterocycles. The molecule has 0 aliphatic carbocycles. The minimum absolute atomic E-state index is 0.0266. The lowest BCUT2D eigenvalue weighted by molar-refractivity contribution is -0.885. The Morgan fingerprint density at radius 1 is 1.16 bits per heavy atom. The first-order valence-corrected chi connectivity index (χ1v) is 9.50. The van der Waals surface area contributed by atoms with Crippen LogP contribution in [0.3, 0.4) is 0 Å². The van der Waals surface area contributed by atoms with Gasteiger partial charge in [-0.15, -0.1) is 0 Å². The molecule has 2 aromatic carbocycles. The summed E-state index contributed by atoms with van der Waals surface area (Å²) in [6, 6.07) is 12.2. The lowest BCUT2D eigenvalue weighted by Gasteiger charge is -2.15. The van der Waals surface area contributed by atoms with Gasteiger partial charge in [-0.2, -0.15) is 0 Å². The highest BCUT2D eigenvalue weighted by Gasteiger charge is 2.14. The van der Waals surface area contributed by atoms with Crippen molar-refractivity contribution in [3.63, 3.8) is 0 Å². The summed E-state index contributed by atoms with van der Waals surface area (Å²) in [5, 5.41) is 7.82. The number of nitrogens with two attached hydrogens (primary N) is 1. The summed E-state index contributed by atoms with van der Waals surface area (Å²) in [7, 11) is -1.85. The molecule has 0 saturated heterocycles. The highest BCUT2D eigenvalue weighted by Crippen LogP contribution is 2.13. The number of carbonyl (C=O) groups excluding carboxylic acids is 1. The standard InChI is InChI=1S/C18H23N3O3S/c1-13-7-8-15(14(2)9-13)11-21(3)12-18(22)20-16-5-4-6-17(10-16)25(19,23)24/h4-10H,11-12H2,1-3H3,(H,20,22)(H2,19,23,24)/p+1. The van der Waals surface area contributed by atoms with Crippen molar-refractivity contribution >= 4 is 21.6 Å². The summed E-state index contributed by atoms with van der Waals surface area (Å²) in [4.78, 5) is 13.2. The quantitative estimate of drug-likeness (QED) is 0.703. The van der Waals surface area contributed by atoms with Crippen LogP contribution in [-0.2, 0) is 21.4 Å². The van der Waals surface area contributed by atoms with E-state index in [1.807, 2.05) is 7.05 Å². The van der Waals surface area contributed by atoms with Crippen molar-refractivity contribution in [2.24, 2.45) is 5.14 Å². The number of rotatable bonds is 6. The fraction of sp³-hybridized carbons (Fsp3) is 0.278. The topological polar surface area (TPSA) is 93.7 Å². The number of quaternary nitrogens is 1. The van der Waals surface area contributed by atoms with Crippen LogP contribution in [0.15, 0.2) is 47.4 Å². The predicted molar refractivity (Wildman–Crippen MR) is 97.8 cm³/mol. The zero-order valence-corrected chi connectivity index (χ0v) is 15.5. The number of sulfonamides is 1. The molecule has 0 radical (unpaired) electrons. The van der Waals surface area contributed by atoms with Crippen molar-refractivity contribution in [1.82, 2.24) is 0 Å². The van der Waals surface area contributed by atoms with Crippen LogP contribution in [0, 0.1) is 13.8 Å². The number of aryl methyl sites for hydroxylation is 2. The molecule has 0 saturated carbocycles. The van der Waals surface area contributed by atoms with Crippen LogP contribution in [0.1, 0.15) is 16.7 Å². The molecule has 0 aromatic heterocycles. The normalized spacial score (nSPS) is 12.6. The van der Waals surface area contributed by atoms with Gasteiger partial charge in [0.15, 0.2) is 6.54 Å². The molecule has 6 nitrogen and oxygen atoms in total. The third-order valence-corrected chi connectivity index (χ3v) is 4.81. The summed E-state index contributed by atoms with van der Waals surface area (Å²) < 4.78 is 22.7. The fourth-order valence-electron chi connectivity index (χ4n) is 2.66. The molecule has 1 amide bonds. The SMILES string of the molecule is Cc1ccc(C[NH+](C)CC(=O)Nc2cccc(S(N)(=O)=O)c2)c(C)c1. The highest BCUT2D eigenvalue weighted by atomic mass is 32.2. The molecule has 2 rings (SSSR count). The van der Waals surface area contributed by atoms with E-state index in [1.165, 1.54) is 28.8 Å². The van der Waals surface area contributed by atoms with Crippen molar-refractivity contribution in [3.05, 3.63) is 59.2 Å². The van der Waals surface area contributed by atoms with Crippen LogP contribution in [0.25, 0.3) is 0 Å². The second kappa shape index (κ2) is 7.77. The number of hydrogen-bond donors (Lipinski definition) is 3. The largest absolute Gasteiger partial charge is 0.326 e. The first kappa shape index (κ1) is 19.1. The zero-order valence-electron chi connectivity index (χ0n) is 14.7. The molecule has 0 heterocycles. The van der Waals surface area contributed by atoms with E-state index in [2.05, 4.69) is 37.4 Å². The number of benzene rings is 2. The maximum atomic E-state index is 12.2. The number of nitrogens with one attached hydrogen (secondary N) is 2. The Kier molecular flexibility index (Phi) is 5.94. The van der Waals surface area contributed by atoms with Gasteiger partial charge in [0.2, 0.25) is 10.0 Å². The van der Waals surface area contributed by atoms with Gasteiger partial charge in [-0.05, 0) is 37.6 Å². The Morgan fingerprint density at radius 2 is 1.88 bits per heavy atom. The molecule has 25 heavy (non-hydrogen) atoms. The lowest BCUT2D eigenvalue weighted by Crippen LogP contribution is -3.08. The summed E-state index contributed by atoms with van der Waals surface area (Å²) >= 11 is 0. The maximum Gasteiger partial charge on any atom is 0.279 e. The summed E-state index contributed by atoms with van der Waals surface area (Å²) in [6.45, 7) is 5.12. The number of amides is 1. The van der Waals surface area contributed by atoms with Crippen molar-refractivity contribution < 1.29 is 18.1 Å². The van der Waals surface area contributed by atoms with Gasteiger partial charge >= 0.3 is 0 Å². The van der Waals surface area contributed by atoms with Crippen LogP contribution in [0.5, 0.6) is 0 Å². The van der Waals surface area contributed by atoms with Crippen LogP contribution in [0.4, 0.5) is 5.69 Å². The molecular weight excluding hydrogens is 338 g/mol. The average molecular weight is 362 g/mol. The number of likely N-dealkylation sites (N-methyl/N-ethyl adjacent to an activating group) is 1. The van der Waals surface area contributed by atoms with Crippen LogP contribution < -0.4 is 15.4 Å². The fourth-order valence-corrected chi connectivity index (χ4v) is 3.22. The van der Waals surface area contributed by atoms with Crippen molar-refractivity contribution in [3.8, 4) is 0 Å². The van der Waals surface area contributed by atoms with E-state index in [-0.39, 0.29) is 17.3 Å². The molecule has 0 aliphatic rings. The predicted octanol–water partition coefficient (Wildman–Crippen LogP) is 0.604. The third kappa shape index (κ3) is 5.67. The number of primary sulfonamides is 1. The van der Waals surface area contributed by atoms with Gasteiger partial charge in [0.25, 0.3) is 5.91 Å². The van der Waals surface area contributed by atoms with Crippen molar-refractivity contribution in [2.75, 3.05) is 18.9 Å². The smallest absolute Gasteiger partial charge is 0.279 e. The van der Waals surface area contributed by atoms with Gasteiger partial charge < -0.3 is 10.2 Å². The molecule has 0 fully saturated rings. The van der Waals surface area contributed by atoms with E-state index in [4.69, 9.17) is 5.14 Å². The van der Waals surface area contributed by atoms with E-state index < -0.39 is 10.0 Å². The summed E-state index contributed by atoms with van der Waals surface area (Å²) in [6.07, 6.45) is 0. The molecule has 0 spiro atoms. The second-order valence-electron chi connectivity index (χ2n) is 6.36. The number of hydrogen-bond acceptors (Lipinski definition) is 3. The first-order valence-electron chi connectivity index (χ1n) is 7.95. The highest BCUT2D eigenvalue weighted by molar-refractivity contribution is 7.89. The molecule has 2 aromatic rings. The van der Waals surface area contributed by atoms with Gasteiger partial charge in [0, 0.05) is 11.3 Å².